The summed E-state index contributed by atoms with van der Waals surface area (Å²) in [5.74, 6) is -2.16. The maximum Gasteiger partial charge on any atom is 0.338 e. The van der Waals surface area contributed by atoms with Gasteiger partial charge in [-0.15, -0.1) is 0 Å². The van der Waals surface area contributed by atoms with Crippen molar-refractivity contribution in [2.45, 2.75) is 37.2 Å². The number of rotatable bonds is 6. The zero-order valence-electron chi connectivity index (χ0n) is 16.5. The van der Waals surface area contributed by atoms with Crippen LogP contribution in [0, 0.1) is 5.82 Å². The normalized spacial score (nSPS) is 15.9. The number of hydrogen-bond acceptors (Lipinski definition) is 5. The monoisotopic (exact) mass is 434 g/mol. The van der Waals surface area contributed by atoms with Crippen molar-refractivity contribution < 1.29 is 27.1 Å². The van der Waals surface area contributed by atoms with E-state index < -0.39 is 33.8 Å². The minimum absolute atomic E-state index is 0.00214. The molecule has 0 saturated carbocycles. The highest BCUT2D eigenvalue weighted by molar-refractivity contribution is 7.89. The van der Waals surface area contributed by atoms with Gasteiger partial charge < -0.3 is 10.1 Å². The van der Waals surface area contributed by atoms with Crippen molar-refractivity contribution in [3.05, 3.63) is 59.9 Å². The predicted molar refractivity (Wildman–Crippen MR) is 109 cm³/mol. The first-order valence-electron chi connectivity index (χ1n) is 9.65. The number of carbonyl (C=O) groups excluding carboxylic acids is 2. The number of halogens is 1. The summed E-state index contributed by atoms with van der Waals surface area (Å²) < 4.78 is 45.8. The highest BCUT2D eigenvalue weighted by Crippen LogP contribution is 2.22. The van der Waals surface area contributed by atoms with Crippen LogP contribution in [0.4, 0.5) is 10.1 Å². The third-order valence-corrected chi connectivity index (χ3v) is 6.70. The summed E-state index contributed by atoms with van der Waals surface area (Å²) in [5, 5.41) is 2.35. The van der Waals surface area contributed by atoms with E-state index in [9.17, 15) is 22.4 Å². The highest BCUT2D eigenvalue weighted by Gasteiger charge is 2.27. The fourth-order valence-corrected chi connectivity index (χ4v) is 4.68. The van der Waals surface area contributed by atoms with Crippen molar-refractivity contribution in [2.75, 3.05) is 18.4 Å². The average Bonchev–Trinajstić information content (AvgIpc) is 2.76. The summed E-state index contributed by atoms with van der Waals surface area (Å²) >= 11 is 0. The summed E-state index contributed by atoms with van der Waals surface area (Å²) in [4.78, 5) is 24.7. The van der Waals surface area contributed by atoms with Gasteiger partial charge in [0.2, 0.25) is 10.0 Å². The smallest absolute Gasteiger partial charge is 0.338 e. The van der Waals surface area contributed by atoms with E-state index in [-0.39, 0.29) is 16.1 Å². The van der Waals surface area contributed by atoms with Gasteiger partial charge >= 0.3 is 5.97 Å². The Labute approximate surface area is 174 Å². The van der Waals surface area contributed by atoms with E-state index in [1.54, 1.807) is 6.07 Å². The summed E-state index contributed by atoms with van der Waals surface area (Å²) in [6.07, 6.45) is 1.38. The second kappa shape index (κ2) is 9.36. The molecule has 1 aliphatic heterocycles. The maximum atomic E-state index is 13.7. The number of nitrogens with one attached hydrogen (secondary N) is 1. The number of hydrogen-bond donors (Lipinski definition) is 1. The van der Waals surface area contributed by atoms with Crippen LogP contribution in [-0.4, -0.2) is 43.8 Å². The van der Waals surface area contributed by atoms with E-state index >= 15 is 0 Å². The first-order valence-corrected chi connectivity index (χ1v) is 11.1. The molecule has 1 aliphatic rings. The lowest BCUT2D eigenvalue weighted by molar-refractivity contribution is -0.123. The number of carbonyl (C=O) groups is 2. The Morgan fingerprint density at radius 3 is 2.47 bits per heavy atom. The molecule has 0 radical (unpaired) electrons. The molecule has 0 aliphatic carbocycles. The van der Waals surface area contributed by atoms with Crippen LogP contribution >= 0.6 is 0 Å². The van der Waals surface area contributed by atoms with Gasteiger partial charge in [0.15, 0.2) is 6.10 Å². The highest BCUT2D eigenvalue weighted by atomic mass is 32.2. The van der Waals surface area contributed by atoms with Gasteiger partial charge in [0.25, 0.3) is 5.91 Å². The van der Waals surface area contributed by atoms with Crippen molar-refractivity contribution in [1.82, 2.24) is 4.31 Å². The molecule has 1 amide bonds. The Kier molecular flexibility index (Phi) is 6.84. The third-order valence-electron chi connectivity index (χ3n) is 4.81. The van der Waals surface area contributed by atoms with Crippen LogP contribution in [0.1, 0.15) is 36.5 Å². The van der Waals surface area contributed by atoms with E-state index in [0.717, 1.165) is 19.3 Å². The van der Waals surface area contributed by atoms with Gasteiger partial charge in [-0.1, -0.05) is 24.6 Å². The lowest BCUT2D eigenvalue weighted by atomic mass is 10.2. The zero-order valence-corrected chi connectivity index (χ0v) is 17.3. The second-order valence-corrected chi connectivity index (χ2v) is 8.95. The van der Waals surface area contributed by atoms with Crippen molar-refractivity contribution >= 4 is 27.6 Å². The molecule has 1 saturated heterocycles. The van der Waals surface area contributed by atoms with Crippen LogP contribution in [0.2, 0.25) is 0 Å². The first-order chi connectivity index (χ1) is 14.3. The van der Waals surface area contributed by atoms with Crippen LogP contribution in [0.5, 0.6) is 0 Å². The molecule has 2 aromatic rings. The van der Waals surface area contributed by atoms with Gasteiger partial charge in [-0.25, -0.2) is 17.6 Å². The Morgan fingerprint density at radius 1 is 1.07 bits per heavy atom. The molecule has 2 aromatic carbocycles. The predicted octanol–water partition coefficient (Wildman–Crippen LogP) is 3.18. The molecule has 30 heavy (non-hydrogen) atoms. The number of amides is 1. The molecule has 1 atom stereocenters. The molecule has 0 aromatic heterocycles. The number of nitrogens with zero attached hydrogens (tertiary/aromatic N) is 1. The topological polar surface area (TPSA) is 92.8 Å². The Bertz CT molecular complexity index is 1040. The Hall–Kier alpha value is -2.78. The summed E-state index contributed by atoms with van der Waals surface area (Å²) in [6.45, 7) is 2.25. The van der Waals surface area contributed by atoms with E-state index in [1.807, 2.05) is 0 Å². The number of sulfonamides is 1. The van der Waals surface area contributed by atoms with Crippen LogP contribution in [0.25, 0.3) is 0 Å². The molecule has 7 nitrogen and oxygen atoms in total. The average molecular weight is 434 g/mol. The van der Waals surface area contributed by atoms with E-state index in [1.165, 1.54) is 53.7 Å². The molecule has 0 unspecified atom stereocenters. The minimum atomic E-state index is -3.70. The third kappa shape index (κ3) is 5.03. The molecule has 1 N–H and O–H groups in total. The molecule has 0 bridgehead atoms. The largest absolute Gasteiger partial charge is 0.449 e. The summed E-state index contributed by atoms with van der Waals surface area (Å²) in [5.41, 5.74) is -0.0151. The second-order valence-electron chi connectivity index (χ2n) is 7.01. The molecule has 9 heteroatoms. The van der Waals surface area contributed by atoms with Crippen molar-refractivity contribution in [2.24, 2.45) is 0 Å². The Morgan fingerprint density at radius 2 is 1.77 bits per heavy atom. The number of ether oxygens (including phenoxy) is 1. The standard InChI is InChI=1S/C21H23FN2O5S/c1-15(20(25)23-19-11-4-3-10-18(19)22)29-21(26)16-8-7-9-17(14-16)30(27,28)24-12-5-2-6-13-24/h3-4,7-11,14-15H,2,5-6,12-13H2,1H3,(H,23,25)/t15-/m0/s1. The number of para-hydroxylation sites is 1. The molecule has 160 valence electrons. The molecular weight excluding hydrogens is 411 g/mol. The van der Waals surface area contributed by atoms with Gasteiger partial charge in [0.1, 0.15) is 5.82 Å². The lowest BCUT2D eigenvalue weighted by Gasteiger charge is -2.26. The summed E-state index contributed by atoms with van der Waals surface area (Å²) in [7, 11) is -3.70. The number of esters is 1. The molecular formula is C21H23FN2O5S. The van der Waals surface area contributed by atoms with Crippen LogP contribution < -0.4 is 5.32 Å². The van der Waals surface area contributed by atoms with E-state index in [0.29, 0.717) is 13.1 Å². The number of piperidine rings is 1. The van der Waals surface area contributed by atoms with E-state index in [4.69, 9.17) is 4.74 Å². The van der Waals surface area contributed by atoms with E-state index in [2.05, 4.69) is 5.32 Å². The van der Waals surface area contributed by atoms with Crippen molar-refractivity contribution in [3.8, 4) is 0 Å². The van der Waals surface area contributed by atoms with Gasteiger partial charge in [0, 0.05) is 13.1 Å². The zero-order chi connectivity index (χ0) is 21.7. The molecule has 3 rings (SSSR count). The number of anilines is 1. The van der Waals surface area contributed by atoms with Crippen LogP contribution in [0.3, 0.4) is 0 Å². The van der Waals surface area contributed by atoms with Gasteiger partial charge in [-0.05, 0) is 50.1 Å². The molecule has 1 heterocycles. The lowest BCUT2D eigenvalue weighted by Crippen LogP contribution is -2.35. The number of benzene rings is 2. The van der Waals surface area contributed by atoms with Gasteiger partial charge in [-0.3, -0.25) is 4.79 Å². The SMILES string of the molecule is C[C@H](OC(=O)c1cccc(S(=O)(=O)N2CCCCC2)c1)C(=O)Nc1ccccc1F. The fourth-order valence-electron chi connectivity index (χ4n) is 3.12. The van der Waals surface area contributed by atoms with Gasteiger partial charge in [-0.2, -0.15) is 4.31 Å². The maximum absolute atomic E-state index is 13.7. The fraction of sp³-hybridized carbons (Fsp3) is 0.333. The molecule has 0 spiro atoms. The van der Waals surface area contributed by atoms with Crippen LogP contribution in [0.15, 0.2) is 53.4 Å². The van der Waals surface area contributed by atoms with Crippen LogP contribution in [-0.2, 0) is 19.6 Å². The van der Waals surface area contributed by atoms with Gasteiger partial charge in [0.05, 0.1) is 16.1 Å². The van der Waals surface area contributed by atoms with Crippen molar-refractivity contribution in [3.63, 3.8) is 0 Å². The quantitative estimate of drug-likeness (QED) is 0.705. The summed E-state index contributed by atoms with van der Waals surface area (Å²) in [6, 6.07) is 11.2. The molecule has 1 fully saturated rings. The minimum Gasteiger partial charge on any atom is -0.449 e. The Balaban J connectivity index is 1.69. The van der Waals surface area contributed by atoms with Crippen molar-refractivity contribution in [1.29, 1.82) is 0 Å². The first kappa shape index (κ1) is 21.9.